The number of nitrogens with zero attached hydrogens (tertiary/aromatic N) is 1. The lowest BCUT2D eigenvalue weighted by molar-refractivity contribution is -0.116. The highest BCUT2D eigenvalue weighted by molar-refractivity contribution is 7.94. The summed E-state index contributed by atoms with van der Waals surface area (Å²) < 4.78 is 30.0. The highest BCUT2D eigenvalue weighted by Crippen LogP contribution is 2.29. The van der Waals surface area contributed by atoms with Crippen molar-refractivity contribution in [1.29, 1.82) is 0 Å². The predicted molar refractivity (Wildman–Crippen MR) is 106 cm³/mol. The molecule has 0 bridgehead atoms. The molecule has 0 aliphatic carbocycles. The van der Waals surface area contributed by atoms with E-state index in [0.717, 1.165) is 15.6 Å². The molecule has 0 aromatic heterocycles. The van der Waals surface area contributed by atoms with E-state index in [9.17, 15) is 18.0 Å². The van der Waals surface area contributed by atoms with Crippen molar-refractivity contribution in [1.82, 2.24) is 5.32 Å². The Labute approximate surface area is 168 Å². The minimum absolute atomic E-state index is 0.0750. The molecule has 0 unspecified atom stereocenters. The Morgan fingerprint density at radius 1 is 1.21 bits per heavy atom. The van der Waals surface area contributed by atoms with Crippen molar-refractivity contribution in [2.45, 2.75) is 12.8 Å². The summed E-state index contributed by atoms with van der Waals surface area (Å²) in [6, 6.07) is 11.6. The molecule has 1 saturated heterocycles. The van der Waals surface area contributed by atoms with Crippen LogP contribution in [0.5, 0.6) is 5.75 Å². The van der Waals surface area contributed by atoms with Crippen LogP contribution in [0.4, 0.5) is 5.69 Å². The summed E-state index contributed by atoms with van der Waals surface area (Å²) in [6.07, 6.45) is 0.528. The van der Waals surface area contributed by atoms with Gasteiger partial charge in [-0.25, -0.2) is 12.7 Å². The number of hydrogen-bond acceptors (Lipinski definition) is 5. The Bertz CT molecular complexity index is 1010. The molecule has 28 heavy (non-hydrogen) atoms. The minimum Gasteiger partial charge on any atom is -0.497 e. The number of carbonyl (C=O) groups excluding carboxylic acids is 2. The number of halogens is 1. The van der Waals surface area contributed by atoms with Crippen LogP contribution in [-0.2, 0) is 21.2 Å². The van der Waals surface area contributed by atoms with Crippen LogP contribution in [0.25, 0.3) is 0 Å². The fourth-order valence-electron chi connectivity index (χ4n) is 2.89. The monoisotopic (exact) mass is 422 g/mol. The molecule has 0 saturated carbocycles. The number of hydrogen-bond donors (Lipinski definition) is 1. The van der Waals surface area contributed by atoms with Gasteiger partial charge in [-0.1, -0.05) is 23.7 Å². The molecule has 1 aliphatic heterocycles. The maximum atomic E-state index is 12.5. The SMILES string of the molecule is COc1ccc(CCNC(=O)c2cc(N3C(=O)CCS3(=O)=O)ccc2Cl)cc1. The third kappa shape index (κ3) is 4.28. The average Bonchev–Trinajstić information content (AvgIpc) is 2.95. The van der Waals surface area contributed by atoms with Gasteiger partial charge in [0.25, 0.3) is 5.91 Å². The summed E-state index contributed by atoms with van der Waals surface area (Å²) in [6.45, 7) is 0.368. The smallest absolute Gasteiger partial charge is 0.252 e. The third-order valence-electron chi connectivity index (χ3n) is 4.37. The Balaban J connectivity index is 1.70. The fourth-order valence-corrected chi connectivity index (χ4v) is 4.55. The third-order valence-corrected chi connectivity index (χ3v) is 6.39. The molecule has 2 amide bonds. The Kier molecular flexibility index (Phi) is 5.90. The van der Waals surface area contributed by atoms with Crippen molar-refractivity contribution < 1.29 is 22.7 Å². The standard InChI is InChI=1S/C19H19ClN2O5S/c1-27-15-5-2-13(3-6-15)8-10-21-19(24)16-12-14(4-7-17(16)20)22-18(23)9-11-28(22,25)26/h2-7,12H,8-11H2,1H3,(H,21,24). The van der Waals surface area contributed by atoms with E-state index in [1.807, 2.05) is 24.3 Å². The zero-order valence-corrected chi connectivity index (χ0v) is 16.7. The van der Waals surface area contributed by atoms with Gasteiger partial charge in [0.2, 0.25) is 15.9 Å². The number of amides is 2. The zero-order chi connectivity index (χ0) is 20.3. The van der Waals surface area contributed by atoms with Crippen LogP contribution < -0.4 is 14.4 Å². The molecule has 0 radical (unpaired) electrons. The molecule has 1 fully saturated rings. The van der Waals surface area contributed by atoms with Crippen LogP contribution in [0.1, 0.15) is 22.3 Å². The van der Waals surface area contributed by atoms with Gasteiger partial charge in [-0.2, -0.15) is 0 Å². The van der Waals surface area contributed by atoms with E-state index in [2.05, 4.69) is 5.32 Å². The van der Waals surface area contributed by atoms with Crippen molar-refractivity contribution in [3.05, 3.63) is 58.6 Å². The van der Waals surface area contributed by atoms with Gasteiger partial charge in [0.1, 0.15) is 5.75 Å². The lowest BCUT2D eigenvalue weighted by Gasteiger charge is -2.16. The maximum absolute atomic E-state index is 12.5. The van der Waals surface area contributed by atoms with Crippen LogP contribution in [0.15, 0.2) is 42.5 Å². The molecular weight excluding hydrogens is 404 g/mol. The Morgan fingerprint density at radius 2 is 1.93 bits per heavy atom. The number of methoxy groups -OCH3 is 1. The van der Waals surface area contributed by atoms with Gasteiger partial charge >= 0.3 is 0 Å². The van der Waals surface area contributed by atoms with Crippen LogP contribution in [0.2, 0.25) is 5.02 Å². The molecule has 3 rings (SSSR count). The van der Waals surface area contributed by atoms with Gasteiger partial charge < -0.3 is 10.1 Å². The van der Waals surface area contributed by atoms with Gasteiger partial charge in [-0.3, -0.25) is 9.59 Å². The van der Waals surface area contributed by atoms with E-state index in [1.54, 1.807) is 7.11 Å². The van der Waals surface area contributed by atoms with Crippen LogP contribution in [0.3, 0.4) is 0 Å². The highest BCUT2D eigenvalue weighted by atomic mass is 35.5. The molecular formula is C19H19ClN2O5S. The number of carbonyl (C=O) groups is 2. The van der Waals surface area contributed by atoms with Crippen molar-refractivity contribution in [2.75, 3.05) is 23.7 Å². The van der Waals surface area contributed by atoms with Crippen molar-refractivity contribution in [2.24, 2.45) is 0 Å². The molecule has 2 aromatic carbocycles. The first kappa shape index (κ1) is 20.2. The van der Waals surface area contributed by atoms with Gasteiger partial charge in [0, 0.05) is 13.0 Å². The molecule has 0 atom stereocenters. The summed E-state index contributed by atoms with van der Waals surface area (Å²) in [5, 5.41) is 2.93. The van der Waals surface area contributed by atoms with Gasteiger partial charge in [0.05, 0.1) is 29.1 Å². The zero-order valence-electron chi connectivity index (χ0n) is 15.1. The number of nitrogens with one attached hydrogen (secondary N) is 1. The summed E-state index contributed by atoms with van der Waals surface area (Å²) in [5.41, 5.74) is 1.26. The lowest BCUT2D eigenvalue weighted by atomic mass is 10.1. The molecule has 1 N–H and O–H groups in total. The molecule has 0 spiro atoms. The number of benzene rings is 2. The first-order valence-corrected chi connectivity index (χ1v) is 10.6. The van der Waals surface area contributed by atoms with Gasteiger partial charge in [-0.15, -0.1) is 0 Å². The molecule has 1 aliphatic rings. The van der Waals surface area contributed by atoms with E-state index < -0.39 is 21.8 Å². The fraction of sp³-hybridized carbons (Fsp3) is 0.263. The van der Waals surface area contributed by atoms with E-state index in [4.69, 9.17) is 16.3 Å². The molecule has 1 heterocycles. The van der Waals surface area contributed by atoms with E-state index in [0.29, 0.717) is 13.0 Å². The van der Waals surface area contributed by atoms with Crippen molar-refractivity contribution in [3.8, 4) is 5.75 Å². The number of anilines is 1. The minimum atomic E-state index is -3.70. The number of rotatable bonds is 6. The molecule has 2 aromatic rings. The second-order valence-corrected chi connectivity index (χ2v) is 8.59. The topological polar surface area (TPSA) is 92.8 Å². The summed E-state index contributed by atoms with van der Waals surface area (Å²) in [4.78, 5) is 24.4. The van der Waals surface area contributed by atoms with Crippen LogP contribution in [-0.4, -0.2) is 39.6 Å². The van der Waals surface area contributed by atoms with E-state index >= 15 is 0 Å². The second-order valence-electron chi connectivity index (χ2n) is 6.24. The van der Waals surface area contributed by atoms with Gasteiger partial charge in [0.15, 0.2) is 0 Å². The summed E-state index contributed by atoms with van der Waals surface area (Å²) in [7, 11) is -2.11. The van der Waals surface area contributed by atoms with Crippen molar-refractivity contribution in [3.63, 3.8) is 0 Å². The second kappa shape index (κ2) is 8.20. The Morgan fingerprint density at radius 3 is 2.54 bits per heavy atom. The lowest BCUT2D eigenvalue weighted by Crippen LogP contribution is -2.30. The van der Waals surface area contributed by atoms with Gasteiger partial charge in [-0.05, 0) is 42.3 Å². The maximum Gasteiger partial charge on any atom is 0.252 e. The Hall–Kier alpha value is -2.58. The molecule has 148 valence electrons. The normalized spacial score (nSPS) is 15.5. The number of sulfonamides is 1. The predicted octanol–water partition coefficient (Wildman–Crippen LogP) is 2.39. The molecule has 9 heteroatoms. The first-order chi connectivity index (χ1) is 13.3. The summed E-state index contributed by atoms with van der Waals surface area (Å²) in [5.74, 6) is -0.446. The largest absolute Gasteiger partial charge is 0.497 e. The number of ether oxygens (including phenoxy) is 1. The highest BCUT2D eigenvalue weighted by Gasteiger charge is 2.36. The average molecular weight is 423 g/mol. The van der Waals surface area contributed by atoms with Crippen LogP contribution >= 0.6 is 11.6 Å². The first-order valence-electron chi connectivity index (χ1n) is 8.58. The van der Waals surface area contributed by atoms with Crippen molar-refractivity contribution >= 4 is 39.1 Å². The van der Waals surface area contributed by atoms with E-state index in [1.165, 1.54) is 18.2 Å². The quantitative estimate of drug-likeness (QED) is 0.771. The summed E-state index contributed by atoms with van der Waals surface area (Å²) >= 11 is 6.11. The van der Waals surface area contributed by atoms with Crippen LogP contribution in [0, 0.1) is 0 Å². The molecule has 7 nitrogen and oxygen atoms in total. The van der Waals surface area contributed by atoms with E-state index in [-0.39, 0.29) is 28.4 Å².